The lowest BCUT2D eigenvalue weighted by Gasteiger charge is -2.31. The normalized spacial score (nSPS) is 15.5. The summed E-state index contributed by atoms with van der Waals surface area (Å²) in [6.45, 7) is 4.16. The summed E-state index contributed by atoms with van der Waals surface area (Å²) < 4.78 is 12.6. The first-order valence-electron chi connectivity index (χ1n) is 12.0. The van der Waals surface area contributed by atoms with Crippen molar-refractivity contribution in [2.24, 2.45) is 0 Å². The van der Waals surface area contributed by atoms with Crippen molar-refractivity contribution in [1.82, 2.24) is 14.9 Å². The summed E-state index contributed by atoms with van der Waals surface area (Å²) in [7, 11) is 1.26. The molecule has 0 bridgehead atoms. The summed E-state index contributed by atoms with van der Waals surface area (Å²) in [6, 6.07) is 11.1. The number of rotatable bonds is 8. The van der Waals surface area contributed by atoms with E-state index < -0.39 is 17.9 Å². The number of hydrogen-bond acceptors (Lipinski definition) is 6. The molecule has 2 heterocycles. The third kappa shape index (κ3) is 6.38. The van der Waals surface area contributed by atoms with Crippen molar-refractivity contribution in [1.29, 1.82) is 0 Å². The second-order valence-corrected chi connectivity index (χ2v) is 10.1. The van der Waals surface area contributed by atoms with Gasteiger partial charge >= 0.3 is 11.9 Å². The highest BCUT2D eigenvalue weighted by atomic mass is 35.5. The zero-order valence-corrected chi connectivity index (χ0v) is 23.8. The van der Waals surface area contributed by atoms with Crippen LogP contribution in [0.5, 0.6) is 0 Å². The van der Waals surface area contributed by atoms with E-state index >= 15 is 0 Å². The minimum Gasteiger partial charge on any atom is -0.466 e. The third-order valence-corrected chi connectivity index (χ3v) is 7.43. The zero-order chi connectivity index (χ0) is 28.1. The SMILES string of the molecule is COC(=O)C1=C(C)NC(C)=C(C(=O)OCC=Cc2ccc(Cn3ccnc3)cc2)C1c1c(Cl)ccc(Cl)c1Cl. The fourth-order valence-electron chi connectivity index (χ4n) is 4.45. The van der Waals surface area contributed by atoms with Crippen molar-refractivity contribution in [3.8, 4) is 0 Å². The van der Waals surface area contributed by atoms with Gasteiger partial charge in [0, 0.05) is 40.9 Å². The molecular weight excluding hydrogens is 561 g/mol. The van der Waals surface area contributed by atoms with Gasteiger partial charge in [-0.15, -0.1) is 0 Å². The van der Waals surface area contributed by atoms with Crippen molar-refractivity contribution in [3.63, 3.8) is 0 Å². The van der Waals surface area contributed by atoms with Gasteiger partial charge in [-0.25, -0.2) is 14.6 Å². The van der Waals surface area contributed by atoms with Crippen LogP contribution in [0, 0.1) is 0 Å². The van der Waals surface area contributed by atoms with Crippen molar-refractivity contribution >= 4 is 52.8 Å². The number of esters is 2. The largest absolute Gasteiger partial charge is 0.466 e. The maximum absolute atomic E-state index is 13.4. The van der Waals surface area contributed by atoms with Crippen LogP contribution >= 0.6 is 34.8 Å². The molecule has 0 saturated heterocycles. The highest BCUT2D eigenvalue weighted by Gasteiger charge is 2.40. The summed E-state index contributed by atoms with van der Waals surface area (Å²) in [5, 5.41) is 3.71. The van der Waals surface area contributed by atoms with Crippen molar-refractivity contribution in [2.45, 2.75) is 26.3 Å². The molecule has 7 nitrogen and oxygen atoms in total. The van der Waals surface area contributed by atoms with E-state index in [2.05, 4.69) is 10.3 Å². The van der Waals surface area contributed by atoms with Crippen molar-refractivity contribution in [3.05, 3.63) is 115 Å². The Morgan fingerprint density at radius 3 is 2.31 bits per heavy atom. The monoisotopic (exact) mass is 585 g/mol. The summed E-state index contributed by atoms with van der Waals surface area (Å²) >= 11 is 19.4. The lowest BCUT2D eigenvalue weighted by Crippen LogP contribution is -2.32. The van der Waals surface area contributed by atoms with E-state index in [-0.39, 0.29) is 32.8 Å². The van der Waals surface area contributed by atoms with Crippen LogP contribution < -0.4 is 5.32 Å². The first-order chi connectivity index (χ1) is 18.7. The number of carbonyl (C=O) groups excluding carboxylic acids is 2. The minimum atomic E-state index is -0.947. The standard InChI is InChI=1S/C29H26Cl3N3O4/c1-17-23(28(36)38-3)26(25-21(30)10-11-22(31)27(25)32)24(18(2)34-17)29(37)39-14-4-5-19-6-8-20(9-7-19)15-35-13-12-33-16-35/h4-13,16,26,34H,14-15H2,1-3H3. The maximum Gasteiger partial charge on any atom is 0.337 e. The second kappa shape index (κ2) is 12.6. The van der Waals surface area contributed by atoms with E-state index in [1.165, 1.54) is 7.11 Å². The van der Waals surface area contributed by atoms with Gasteiger partial charge in [0.15, 0.2) is 0 Å². The Bertz CT molecular complexity index is 1480. The van der Waals surface area contributed by atoms with Crippen LogP contribution in [0.2, 0.25) is 15.1 Å². The molecule has 0 spiro atoms. The van der Waals surface area contributed by atoms with E-state index in [1.54, 1.807) is 44.6 Å². The Balaban J connectivity index is 1.54. The molecule has 4 rings (SSSR count). The summed E-state index contributed by atoms with van der Waals surface area (Å²) in [5.74, 6) is -2.21. The molecule has 0 fully saturated rings. The summed E-state index contributed by atoms with van der Waals surface area (Å²) in [4.78, 5) is 30.3. The smallest absolute Gasteiger partial charge is 0.337 e. The van der Waals surface area contributed by atoms with Crippen LogP contribution in [0.4, 0.5) is 0 Å². The molecule has 1 aromatic heterocycles. The molecule has 1 N–H and O–H groups in total. The Morgan fingerprint density at radius 2 is 1.67 bits per heavy atom. The van der Waals surface area contributed by atoms with E-state index in [0.717, 1.165) is 17.7 Å². The molecule has 3 aromatic rings. The number of carbonyl (C=O) groups is 2. The number of ether oxygens (including phenoxy) is 2. The van der Waals surface area contributed by atoms with Gasteiger partial charge in [-0.2, -0.15) is 0 Å². The molecular formula is C29H26Cl3N3O4. The molecule has 0 radical (unpaired) electrons. The fraction of sp³-hybridized carbons (Fsp3) is 0.207. The first-order valence-corrected chi connectivity index (χ1v) is 13.1. The van der Waals surface area contributed by atoms with Gasteiger partial charge < -0.3 is 19.4 Å². The predicted molar refractivity (Wildman–Crippen MR) is 153 cm³/mol. The van der Waals surface area contributed by atoms with Crippen LogP contribution in [-0.4, -0.2) is 35.2 Å². The number of nitrogens with one attached hydrogen (secondary N) is 1. The number of allylic oxidation sites excluding steroid dienone is 2. The Labute approximate surface area is 241 Å². The number of hydrogen-bond donors (Lipinski definition) is 1. The Kier molecular flexibility index (Phi) is 9.17. The predicted octanol–water partition coefficient (Wildman–Crippen LogP) is 6.56. The van der Waals surface area contributed by atoms with Crippen molar-refractivity contribution < 1.29 is 19.1 Å². The number of halogens is 3. The summed E-state index contributed by atoms with van der Waals surface area (Å²) in [5.41, 5.74) is 3.79. The van der Waals surface area contributed by atoms with Gasteiger partial charge in [0.05, 0.1) is 40.5 Å². The number of aromatic nitrogens is 2. The number of benzene rings is 2. The zero-order valence-electron chi connectivity index (χ0n) is 21.5. The minimum absolute atomic E-state index is 0.00633. The topological polar surface area (TPSA) is 82.5 Å². The highest BCUT2D eigenvalue weighted by molar-refractivity contribution is 6.44. The molecule has 0 aliphatic carbocycles. The van der Waals surface area contributed by atoms with Crippen LogP contribution in [0.25, 0.3) is 6.08 Å². The van der Waals surface area contributed by atoms with Gasteiger partial charge in [-0.3, -0.25) is 0 Å². The summed E-state index contributed by atoms with van der Waals surface area (Å²) in [6.07, 6.45) is 9.02. The van der Waals surface area contributed by atoms with Crippen LogP contribution in [0.1, 0.15) is 36.5 Å². The fourth-order valence-corrected chi connectivity index (χ4v) is 5.21. The average molecular weight is 587 g/mol. The van der Waals surface area contributed by atoms with Crippen LogP contribution in [0.3, 0.4) is 0 Å². The van der Waals surface area contributed by atoms with E-state index in [4.69, 9.17) is 44.3 Å². The number of methoxy groups -OCH3 is 1. The average Bonchev–Trinajstić information content (AvgIpc) is 3.42. The number of imidazole rings is 1. The van der Waals surface area contributed by atoms with Gasteiger partial charge in [0.1, 0.15) is 6.61 Å². The van der Waals surface area contributed by atoms with E-state index in [9.17, 15) is 9.59 Å². The highest BCUT2D eigenvalue weighted by Crippen LogP contribution is 2.46. The van der Waals surface area contributed by atoms with Gasteiger partial charge in [-0.05, 0) is 43.2 Å². The molecule has 0 amide bonds. The lowest BCUT2D eigenvalue weighted by molar-refractivity contribution is -0.138. The van der Waals surface area contributed by atoms with Gasteiger partial charge in [0.25, 0.3) is 0 Å². The molecule has 0 saturated carbocycles. The van der Waals surface area contributed by atoms with Crippen LogP contribution in [0.15, 0.2) is 83.7 Å². The second-order valence-electron chi connectivity index (χ2n) is 8.86. The quantitative estimate of drug-likeness (QED) is 0.238. The maximum atomic E-state index is 13.4. The van der Waals surface area contributed by atoms with Crippen molar-refractivity contribution in [2.75, 3.05) is 13.7 Å². The Hall–Kier alpha value is -3.52. The molecule has 1 unspecified atom stereocenters. The molecule has 2 aromatic carbocycles. The number of nitrogens with zero attached hydrogens (tertiary/aromatic N) is 2. The van der Waals surface area contributed by atoms with Gasteiger partial charge in [0.2, 0.25) is 0 Å². The van der Waals surface area contributed by atoms with Crippen LogP contribution in [-0.2, 0) is 25.6 Å². The molecule has 10 heteroatoms. The molecule has 39 heavy (non-hydrogen) atoms. The van der Waals surface area contributed by atoms with E-state index in [1.807, 2.05) is 41.1 Å². The third-order valence-electron chi connectivity index (χ3n) is 6.28. The molecule has 1 aliphatic rings. The lowest BCUT2D eigenvalue weighted by atomic mass is 9.80. The Morgan fingerprint density at radius 1 is 1.00 bits per heavy atom. The van der Waals surface area contributed by atoms with Gasteiger partial charge in [-0.1, -0.05) is 65.1 Å². The molecule has 202 valence electrons. The molecule has 1 atom stereocenters. The first kappa shape index (κ1) is 28.5. The molecule has 1 aliphatic heterocycles. The van der Waals surface area contributed by atoms with E-state index in [0.29, 0.717) is 17.0 Å². The number of dihydropyridines is 1.